The normalized spacial score (nSPS) is 14.8. The molecule has 21 heavy (non-hydrogen) atoms. The lowest BCUT2D eigenvalue weighted by Crippen LogP contribution is -2.15. The van der Waals surface area contributed by atoms with Gasteiger partial charge in [0.25, 0.3) is 0 Å². The van der Waals surface area contributed by atoms with Crippen molar-refractivity contribution in [3.8, 4) is 11.5 Å². The molecule has 0 bridgehead atoms. The number of aliphatic hydroxyl groups excluding tert-OH is 1. The van der Waals surface area contributed by atoms with E-state index in [2.05, 4.69) is 15.9 Å². The summed E-state index contributed by atoms with van der Waals surface area (Å²) in [6.07, 6.45) is -0.533. The molecule has 0 saturated heterocycles. The van der Waals surface area contributed by atoms with E-state index in [1.165, 1.54) is 0 Å². The third-order valence-electron chi connectivity index (χ3n) is 3.17. The van der Waals surface area contributed by atoms with Gasteiger partial charge in [-0.2, -0.15) is 0 Å². The third-order valence-corrected chi connectivity index (χ3v) is 4.79. The Morgan fingerprint density at radius 3 is 2.52 bits per heavy atom. The monoisotopic (exact) mass is 366 g/mol. The predicted molar refractivity (Wildman–Crippen MR) is 87.3 cm³/mol. The Hall–Kier alpha value is -1.17. The minimum atomic E-state index is -0.533. The molecule has 2 aromatic carbocycles. The van der Waals surface area contributed by atoms with Gasteiger partial charge >= 0.3 is 0 Å². The lowest BCUT2D eigenvalue weighted by molar-refractivity contribution is 0.169. The highest BCUT2D eigenvalue weighted by atomic mass is 79.9. The molecule has 3 nitrogen and oxygen atoms in total. The summed E-state index contributed by atoms with van der Waals surface area (Å²) in [6.45, 7) is 1.13. The van der Waals surface area contributed by atoms with E-state index in [4.69, 9.17) is 9.47 Å². The molecule has 0 saturated carbocycles. The van der Waals surface area contributed by atoms with Gasteiger partial charge in [-0.25, -0.2) is 0 Å². The van der Waals surface area contributed by atoms with Crippen LogP contribution < -0.4 is 9.47 Å². The van der Waals surface area contributed by atoms with Crippen molar-refractivity contribution in [2.75, 3.05) is 19.0 Å². The molecule has 0 aliphatic carbocycles. The van der Waals surface area contributed by atoms with E-state index < -0.39 is 6.10 Å². The molecule has 2 aromatic rings. The van der Waals surface area contributed by atoms with Gasteiger partial charge in [0.2, 0.25) is 0 Å². The van der Waals surface area contributed by atoms with Crippen molar-refractivity contribution in [3.05, 3.63) is 52.5 Å². The molecule has 1 N–H and O–H groups in total. The number of rotatable bonds is 4. The number of fused-ring (bicyclic) bond motifs is 1. The molecule has 1 atom stereocenters. The number of halogens is 1. The summed E-state index contributed by atoms with van der Waals surface area (Å²) in [5.74, 6) is 2.06. The summed E-state index contributed by atoms with van der Waals surface area (Å²) in [6, 6.07) is 13.7. The summed E-state index contributed by atoms with van der Waals surface area (Å²) in [4.78, 5) is 1.13. The van der Waals surface area contributed by atoms with E-state index in [1.54, 1.807) is 11.8 Å². The van der Waals surface area contributed by atoms with E-state index in [-0.39, 0.29) is 0 Å². The second-order valence-electron chi connectivity index (χ2n) is 4.68. The van der Waals surface area contributed by atoms with Crippen LogP contribution in [0.2, 0.25) is 0 Å². The van der Waals surface area contributed by atoms with Gasteiger partial charge in [0, 0.05) is 15.1 Å². The quantitative estimate of drug-likeness (QED) is 0.828. The van der Waals surface area contributed by atoms with Crippen LogP contribution in [0.1, 0.15) is 11.7 Å². The summed E-state index contributed by atoms with van der Waals surface area (Å²) < 4.78 is 12.1. The number of hydrogen-bond donors (Lipinski definition) is 1. The summed E-state index contributed by atoms with van der Waals surface area (Å²) in [7, 11) is 0. The Kier molecular flexibility index (Phi) is 4.73. The van der Waals surface area contributed by atoms with Crippen molar-refractivity contribution in [1.29, 1.82) is 0 Å². The number of aliphatic hydroxyl groups is 1. The van der Waals surface area contributed by atoms with Crippen molar-refractivity contribution in [2.24, 2.45) is 0 Å². The Labute approximate surface area is 136 Å². The van der Waals surface area contributed by atoms with Gasteiger partial charge in [-0.05, 0) is 42.0 Å². The maximum absolute atomic E-state index is 10.3. The molecule has 1 unspecified atom stereocenters. The van der Waals surface area contributed by atoms with Crippen LogP contribution in [0.5, 0.6) is 11.5 Å². The van der Waals surface area contributed by atoms with Crippen molar-refractivity contribution in [1.82, 2.24) is 0 Å². The fraction of sp³-hybridized carbons (Fsp3) is 0.250. The number of benzene rings is 2. The van der Waals surface area contributed by atoms with E-state index >= 15 is 0 Å². The van der Waals surface area contributed by atoms with E-state index in [0.717, 1.165) is 20.7 Å². The summed E-state index contributed by atoms with van der Waals surface area (Å²) in [5.41, 5.74) is 0.851. The molecule has 3 rings (SSSR count). The van der Waals surface area contributed by atoms with E-state index in [9.17, 15) is 5.11 Å². The molecule has 0 amide bonds. The first-order valence-electron chi connectivity index (χ1n) is 6.68. The van der Waals surface area contributed by atoms with Crippen LogP contribution in [0.4, 0.5) is 0 Å². The minimum Gasteiger partial charge on any atom is -0.486 e. The smallest absolute Gasteiger partial charge is 0.161 e. The van der Waals surface area contributed by atoms with Crippen LogP contribution in [0.15, 0.2) is 51.8 Å². The Morgan fingerprint density at radius 1 is 1.05 bits per heavy atom. The molecule has 5 heteroatoms. The largest absolute Gasteiger partial charge is 0.486 e. The second-order valence-corrected chi connectivity index (χ2v) is 6.69. The first-order chi connectivity index (χ1) is 10.2. The van der Waals surface area contributed by atoms with Crippen LogP contribution >= 0.6 is 27.7 Å². The zero-order valence-electron chi connectivity index (χ0n) is 11.3. The fourth-order valence-corrected chi connectivity index (χ4v) is 3.21. The number of thioether (sulfide) groups is 1. The molecule has 1 aliphatic heterocycles. The maximum atomic E-state index is 10.3. The molecule has 110 valence electrons. The summed E-state index contributed by atoms with van der Waals surface area (Å²) in [5, 5.41) is 10.3. The molecule has 1 heterocycles. The van der Waals surface area contributed by atoms with Crippen molar-refractivity contribution < 1.29 is 14.6 Å². The van der Waals surface area contributed by atoms with Gasteiger partial charge < -0.3 is 14.6 Å². The average molecular weight is 367 g/mol. The van der Waals surface area contributed by atoms with Gasteiger partial charge in [-0.1, -0.05) is 22.0 Å². The van der Waals surface area contributed by atoms with Crippen LogP contribution in [0, 0.1) is 0 Å². The molecule has 0 spiro atoms. The van der Waals surface area contributed by atoms with Crippen LogP contribution in [0.3, 0.4) is 0 Å². The van der Waals surface area contributed by atoms with E-state index in [1.807, 2.05) is 42.5 Å². The van der Waals surface area contributed by atoms with Gasteiger partial charge in [-0.3, -0.25) is 0 Å². The highest BCUT2D eigenvalue weighted by Gasteiger charge is 2.15. The zero-order valence-corrected chi connectivity index (χ0v) is 13.7. The first kappa shape index (κ1) is 14.8. The van der Waals surface area contributed by atoms with Crippen LogP contribution in [-0.4, -0.2) is 24.1 Å². The molecule has 0 radical (unpaired) electrons. The second kappa shape index (κ2) is 6.73. The first-order valence-corrected chi connectivity index (χ1v) is 8.46. The SMILES string of the molecule is OC(CSc1ccc(Br)cc1)c1ccc2c(c1)OCCO2. The third kappa shape index (κ3) is 3.73. The molecular weight excluding hydrogens is 352 g/mol. The Balaban J connectivity index is 1.65. The topological polar surface area (TPSA) is 38.7 Å². The standard InChI is InChI=1S/C16H15BrO3S/c17-12-2-4-13(5-3-12)21-10-14(18)11-1-6-15-16(9-11)20-8-7-19-15/h1-6,9,14,18H,7-8,10H2. The van der Waals surface area contributed by atoms with Gasteiger partial charge in [0.05, 0.1) is 6.10 Å². The Bertz CT molecular complexity index is 615. The molecule has 1 aliphatic rings. The fourth-order valence-electron chi connectivity index (χ4n) is 2.07. The lowest BCUT2D eigenvalue weighted by Gasteiger charge is -2.20. The number of ether oxygens (including phenoxy) is 2. The summed E-state index contributed by atoms with van der Waals surface area (Å²) >= 11 is 5.04. The van der Waals surface area contributed by atoms with E-state index in [0.29, 0.717) is 24.7 Å². The highest BCUT2D eigenvalue weighted by Crippen LogP contribution is 2.34. The van der Waals surface area contributed by atoms with Crippen molar-refractivity contribution >= 4 is 27.7 Å². The lowest BCUT2D eigenvalue weighted by atomic mass is 10.1. The van der Waals surface area contributed by atoms with Gasteiger partial charge in [-0.15, -0.1) is 11.8 Å². The maximum Gasteiger partial charge on any atom is 0.161 e. The minimum absolute atomic E-state index is 0.533. The Morgan fingerprint density at radius 2 is 1.76 bits per heavy atom. The number of hydrogen-bond acceptors (Lipinski definition) is 4. The van der Waals surface area contributed by atoms with Gasteiger partial charge in [0.15, 0.2) is 11.5 Å². The average Bonchev–Trinajstić information content (AvgIpc) is 2.53. The molecular formula is C16H15BrO3S. The molecule has 0 fully saturated rings. The van der Waals surface area contributed by atoms with Gasteiger partial charge in [0.1, 0.15) is 13.2 Å². The van der Waals surface area contributed by atoms with Crippen LogP contribution in [0.25, 0.3) is 0 Å². The van der Waals surface area contributed by atoms with Crippen LogP contribution in [-0.2, 0) is 0 Å². The predicted octanol–water partition coefficient (Wildman–Crippen LogP) is 4.05. The highest BCUT2D eigenvalue weighted by molar-refractivity contribution is 9.10. The molecule has 0 aromatic heterocycles. The zero-order chi connectivity index (χ0) is 14.7. The van der Waals surface area contributed by atoms with Crippen molar-refractivity contribution in [3.63, 3.8) is 0 Å². The van der Waals surface area contributed by atoms with Crippen molar-refractivity contribution in [2.45, 2.75) is 11.0 Å².